The Labute approximate surface area is 204 Å². The first kappa shape index (κ1) is 22.7. The number of ketones is 1. The highest BCUT2D eigenvalue weighted by Crippen LogP contribution is 2.26. The highest BCUT2D eigenvalue weighted by atomic mass is 32.1. The molecule has 4 heterocycles. The second-order valence-corrected chi connectivity index (χ2v) is 9.09. The molecule has 5 rings (SSSR count). The van der Waals surface area contributed by atoms with Crippen LogP contribution in [0.2, 0.25) is 0 Å². The van der Waals surface area contributed by atoms with Crippen molar-refractivity contribution < 1.29 is 19.1 Å². The molecule has 0 saturated carbocycles. The van der Waals surface area contributed by atoms with Crippen LogP contribution in [0.1, 0.15) is 33.0 Å². The number of methoxy groups -OCH3 is 1. The average Bonchev–Trinajstić information content (AvgIpc) is 3.64. The summed E-state index contributed by atoms with van der Waals surface area (Å²) >= 11 is 1.20. The summed E-state index contributed by atoms with van der Waals surface area (Å²) in [6.07, 6.45) is 4.55. The summed E-state index contributed by atoms with van der Waals surface area (Å²) < 4.78 is 6.61. The lowest BCUT2D eigenvalue weighted by atomic mass is 9.99. The molecule has 4 aromatic rings. The molecule has 0 aliphatic carbocycles. The highest BCUT2D eigenvalue weighted by molar-refractivity contribution is 7.13. The number of aromatic nitrogens is 4. The van der Waals surface area contributed by atoms with Crippen LogP contribution in [0.4, 0.5) is 5.13 Å². The zero-order valence-corrected chi connectivity index (χ0v) is 19.7. The van der Waals surface area contributed by atoms with Crippen molar-refractivity contribution in [1.29, 1.82) is 0 Å². The topological polar surface area (TPSA) is 119 Å². The van der Waals surface area contributed by atoms with Crippen LogP contribution in [0.3, 0.4) is 0 Å². The normalized spacial score (nSPS) is 15.3. The van der Waals surface area contributed by atoms with Gasteiger partial charge in [0.05, 0.1) is 13.3 Å². The second kappa shape index (κ2) is 9.63. The van der Waals surface area contributed by atoms with Gasteiger partial charge in [0.25, 0.3) is 17.6 Å². The molecule has 35 heavy (non-hydrogen) atoms. The Morgan fingerprint density at radius 2 is 2.03 bits per heavy atom. The first-order chi connectivity index (χ1) is 17.0. The van der Waals surface area contributed by atoms with E-state index in [0.717, 1.165) is 12.8 Å². The Bertz CT molecular complexity index is 1390. The van der Waals surface area contributed by atoms with Crippen molar-refractivity contribution in [2.24, 2.45) is 5.92 Å². The smallest absolute Gasteiger partial charge is 0.300 e. The molecule has 1 N–H and O–H groups in total. The van der Waals surface area contributed by atoms with E-state index in [1.807, 2.05) is 18.2 Å². The van der Waals surface area contributed by atoms with Gasteiger partial charge < -0.3 is 9.64 Å². The van der Waals surface area contributed by atoms with Crippen molar-refractivity contribution in [3.05, 3.63) is 71.1 Å². The summed E-state index contributed by atoms with van der Waals surface area (Å²) in [5, 5.41) is 8.83. The van der Waals surface area contributed by atoms with Gasteiger partial charge in [-0.1, -0.05) is 30.3 Å². The number of fused-ring (bicyclic) bond motifs is 1. The van der Waals surface area contributed by atoms with Crippen LogP contribution in [-0.4, -0.2) is 62.3 Å². The first-order valence-corrected chi connectivity index (χ1v) is 11.9. The molecule has 1 aliphatic rings. The molecule has 0 spiro atoms. The lowest BCUT2D eigenvalue weighted by molar-refractivity contribution is -0.112. The Balaban J connectivity index is 1.38. The maximum absolute atomic E-state index is 13.4. The van der Waals surface area contributed by atoms with Gasteiger partial charge in [0.1, 0.15) is 5.69 Å². The summed E-state index contributed by atoms with van der Waals surface area (Å²) in [6, 6.07) is 11.7. The molecule has 2 amide bonds. The van der Waals surface area contributed by atoms with E-state index in [4.69, 9.17) is 4.74 Å². The van der Waals surface area contributed by atoms with Crippen molar-refractivity contribution in [1.82, 2.24) is 24.5 Å². The van der Waals surface area contributed by atoms with Crippen molar-refractivity contribution >= 4 is 39.7 Å². The number of hydrogen-bond acceptors (Lipinski definition) is 8. The summed E-state index contributed by atoms with van der Waals surface area (Å²) in [5.41, 5.74) is 1.52. The maximum atomic E-state index is 13.4. The van der Waals surface area contributed by atoms with E-state index in [2.05, 4.69) is 32.5 Å². The van der Waals surface area contributed by atoms with E-state index >= 15 is 0 Å². The highest BCUT2D eigenvalue weighted by Gasteiger charge is 2.31. The third kappa shape index (κ3) is 4.62. The van der Waals surface area contributed by atoms with Crippen molar-refractivity contribution in [3.63, 3.8) is 0 Å². The average molecular weight is 491 g/mol. The lowest BCUT2D eigenvalue weighted by Gasteiger charge is -2.18. The third-order valence-corrected chi connectivity index (χ3v) is 6.60. The number of carbonyl (C=O) groups is 3. The molecule has 1 saturated heterocycles. The van der Waals surface area contributed by atoms with Crippen LogP contribution in [0, 0.1) is 5.92 Å². The number of anilines is 1. The fraction of sp³-hybridized carbons (Fsp3) is 0.250. The Morgan fingerprint density at radius 1 is 1.20 bits per heavy atom. The van der Waals surface area contributed by atoms with Gasteiger partial charge in [-0.15, -0.1) is 11.3 Å². The van der Waals surface area contributed by atoms with Gasteiger partial charge in [0.15, 0.2) is 22.2 Å². The van der Waals surface area contributed by atoms with Gasteiger partial charge in [-0.3, -0.25) is 19.7 Å². The standard InChI is InChI=1S/C24H22N6O4S/c1-34-18-12-19-26-13-17(21(31)22(32)27-24-25-8-10-35-24)30(19)28-20(18)23(33)29-9-7-16(14-29)11-15-5-3-2-4-6-15/h2-6,8,10,12-13,16H,7,9,11,14H2,1H3,(H,25,27,32). The molecule has 3 aromatic heterocycles. The number of nitrogens with zero attached hydrogens (tertiary/aromatic N) is 5. The molecular formula is C24H22N6O4S. The van der Waals surface area contributed by atoms with Gasteiger partial charge in [-0.05, 0) is 24.3 Å². The van der Waals surface area contributed by atoms with Gasteiger partial charge in [0, 0.05) is 30.7 Å². The van der Waals surface area contributed by atoms with Crippen LogP contribution in [-0.2, 0) is 11.2 Å². The van der Waals surface area contributed by atoms with Gasteiger partial charge in [-0.2, -0.15) is 5.10 Å². The molecular weight excluding hydrogens is 468 g/mol. The molecule has 1 fully saturated rings. The monoisotopic (exact) mass is 490 g/mol. The summed E-state index contributed by atoms with van der Waals surface area (Å²) in [5.74, 6) is -1.40. The molecule has 1 unspecified atom stereocenters. The minimum atomic E-state index is -0.865. The van der Waals surface area contributed by atoms with Crippen molar-refractivity contribution in [2.75, 3.05) is 25.5 Å². The van der Waals surface area contributed by atoms with E-state index in [1.165, 1.54) is 47.0 Å². The number of imidazole rings is 1. The number of hydrogen-bond donors (Lipinski definition) is 1. The predicted molar refractivity (Wildman–Crippen MR) is 129 cm³/mol. The maximum Gasteiger partial charge on any atom is 0.300 e. The van der Waals surface area contributed by atoms with E-state index in [-0.39, 0.29) is 28.7 Å². The SMILES string of the molecule is COc1cc2ncc(C(=O)C(=O)Nc3nccs3)n2nc1C(=O)N1CCC(Cc2ccccc2)C1. The summed E-state index contributed by atoms with van der Waals surface area (Å²) in [4.78, 5) is 48.5. The fourth-order valence-corrected chi connectivity index (χ4v) is 4.72. The van der Waals surface area contributed by atoms with Crippen molar-refractivity contribution in [3.8, 4) is 5.75 Å². The number of ether oxygens (including phenoxy) is 1. The number of Topliss-reactive ketones (excluding diaryl/α,β-unsaturated/α-hetero) is 1. The van der Waals surface area contributed by atoms with E-state index in [0.29, 0.717) is 24.1 Å². The number of carbonyl (C=O) groups excluding carboxylic acids is 3. The Hall–Kier alpha value is -4.12. The molecule has 10 nitrogen and oxygen atoms in total. The molecule has 0 bridgehead atoms. The van der Waals surface area contributed by atoms with Crippen LogP contribution in [0.25, 0.3) is 5.65 Å². The number of benzene rings is 1. The molecule has 1 aromatic carbocycles. The number of nitrogens with one attached hydrogen (secondary N) is 1. The summed E-state index contributed by atoms with van der Waals surface area (Å²) in [7, 11) is 1.45. The molecule has 178 valence electrons. The van der Waals surface area contributed by atoms with Crippen LogP contribution in [0.5, 0.6) is 5.75 Å². The van der Waals surface area contributed by atoms with E-state index in [1.54, 1.807) is 10.3 Å². The Morgan fingerprint density at radius 3 is 2.77 bits per heavy atom. The van der Waals surface area contributed by atoms with Gasteiger partial charge >= 0.3 is 0 Å². The van der Waals surface area contributed by atoms with Crippen molar-refractivity contribution in [2.45, 2.75) is 12.8 Å². The van der Waals surface area contributed by atoms with Crippen LogP contribution >= 0.6 is 11.3 Å². The minimum Gasteiger partial charge on any atom is -0.494 e. The van der Waals surface area contributed by atoms with Crippen LogP contribution < -0.4 is 10.1 Å². The zero-order chi connectivity index (χ0) is 24.4. The van der Waals surface area contributed by atoms with Gasteiger partial charge in [-0.25, -0.2) is 14.5 Å². The minimum absolute atomic E-state index is 0.0610. The Kier molecular flexibility index (Phi) is 6.23. The number of amides is 2. The number of likely N-dealkylation sites (tertiary alicyclic amines) is 1. The van der Waals surface area contributed by atoms with Gasteiger partial charge in [0.2, 0.25) is 0 Å². The second-order valence-electron chi connectivity index (χ2n) is 8.19. The van der Waals surface area contributed by atoms with Crippen LogP contribution in [0.15, 0.2) is 54.2 Å². The number of thiazole rings is 1. The largest absolute Gasteiger partial charge is 0.494 e. The predicted octanol–water partition coefficient (Wildman–Crippen LogP) is 2.72. The quantitative estimate of drug-likeness (QED) is 0.313. The summed E-state index contributed by atoms with van der Waals surface area (Å²) in [6.45, 7) is 1.20. The molecule has 11 heteroatoms. The third-order valence-electron chi connectivity index (χ3n) is 5.91. The molecule has 1 aliphatic heterocycles. The van der Waals surface area contributed by atoms with E-state index < -0.39 is 11.7 Å². The first-order valence-electron chi connectivity index (χ1n) is 11.0. The molecule has 0 radical (unpaired) electrons. The van der Waals surface area contributed by atoms with E-state index in [9.17, 15) is 14.4 Å². The lowest BCUT2D eigenvalue weighted by Crippen LogP contribution is -2.31. The number of rotatable bonds is 7. The fourth-order valence-electron chi connectivity index (χ4n) is 4.19. The molecule has 1 atom stereocenters. The zero-order valence-electron chi connectivity index (χ0n) is 18.9.